The summed E-state index contributed by atoms with van der Waals surface area (Å²) in [6.45, 7) is 8.00. The van der Waals surface area contributed by atoms with Crippen molar-refractivity contribution in [2.75, 3.05) is 13.2 Å². The molecule has 0 rings (SSSR count). The van der Waals surface area contributed by atoms with Crippen molar-refractivity contribution in [3.8, 4) is 0 Å². The van der Waals surface area contributed by atoms with Crippen molar-refractivity contribution in [1.29, 1.82) is 0 Å². The third-order valence-corrected chi connectivity index (χ3v) is 4.01. The molecule has 6 heteroatoms. The van der Waals surface area contributed by atoms with Crippen molar-refractivity contribution in [2.45, 2.75) is 57.8 Å². The Hall–Kier alpha value is -1.98. The van der Waals surface area contributed by atoms with Crippen LogP contribution in [0.1, 0.15) is 57.8 Å². The first-order valence-corrected chi connectivity index (χ1v) is 8.38. The zero-order valence-electron chi connectivity index (χ0n) is 14.4. The smallest absolute Gasteiger partial charge is 0.310 e. The maximum absolute atomic E-state index is 11.8. The average Bonchev–Trinajstić information content (AvgIpc) is 2.53. The Morgan fingerprint density at radius 3 is 1.62 bits per heavy atom. The molecule has 0 spiro atoms. The minimum Gasteiger partial charge on any atom is -0.502 e. The molecule has 0 aromatic carbocycles. The van der Waals surface area contributed by atoms with Gasteiger partial charge >= 0.3 is 11.9 Å². The van der Waals surface area contributed by atoms with Gasteiger partial charge in [0.2, 0.25) is 0 Å². The van der Waals surface area contributed by atoms with E-state index >= 15 is 0 Å². The van der Waals surface area contributed by atoms with E-state index in [0.29, 0.717) is 38.9 Å². The van der Waals surface area contributed by atoms with Gasteiger partial charge in [0.05, 0.1) is 37.6 Å². The highest BCUT2D eigenvalue weighted by molar-refractivity contribution is 5.81. The van der Waals surface area contributed by atoms with Gasteiger partial charge in [-0.05, 0) is 25.7 Å². The quantitative estimate of drug-likeness (QED) is 0.307. The number of unbranched alkanes of at least 4 members (excludes halogenated alkanes) is 4. The normalized spacial score (nSPS) is 10.8. The van der Waals surface area contributed by atoms with Crippen molar-refractivity contribution in [3.05, 3.63) is 25.7 Å². The van der Waals surface area contributed by atoms with Crippen LogP contribution in [0.2, 0.25) is 0 Å². The predicted octanol–water partition coefficient (Wildman–Crippen LogP) is 3.97. The summed E-state index contributed by atoms with van der Waals surface area (Å²) in [4.78, 5) is 22.9. The van der Waals surface area contributed by atoms with E-state index in [4.69, 9.17) is 14.6 Å². The first-order valence-electron chi connectivity index (χ1n) is 8.38. The lowest BCUT2D eigenvalue weighted by Gasteiger charge is -2.28. The predicted molar refractivity (Wildman–Crippen MR) is 91.6 cm³/mol. The van der Waals surface area contributed by atoms with Crippen LogP contribution in [-0.4, -0.2) is 35.4 Å². The molecule has 0 bridgehead atoms. The lowest BCUT2D eigenvalue weighted by molar-refractivity contribution is -0.157. The molecule has 0 unspecified atom stereocenters. The molecule has 0 saturated heterocycles. The Morgan fingerprint density at radius 2 is 1.29 bits per heavy atom. The summed E-state index contributed by atoms with van der Waals surface area (Å²) in [5.41, 5.74) is -1.19. The van der Waals surface area contributed by atoms with Gasteiger partial charge in [-0.1, -0.05) is 38.8 Å². The summed E-state index contributed by atoms with van der Waals surface area (Å²) in [7, 11) is 0. The van der Waals surface area contributed by atoms with Crippen molar-refractivity contribution in [1.82, 2.24) is 0 Å². The van der Waals surface area contributed by atoms with Crippen LogP contribution in [0.15, 0.2) is 25.7 Å². The van der Waals surface area contributed by atoms with Gasteiger partial charge in [0.15, 0.2) is 0 Å². The van der Waals surface area contributed by atoms with E-state index < -0.39 is 17.4 Å². The van der Waals surface area contributed by atoms with Crippen LogP contribution in [0, 0.1) is 5.41 Å². The third kappa shape index (κ3) is 9.92. The number of hydrogen-bond acceptors (Lipinski definition) is 4. The first-order chi connectivity index (χ1) is 11.5. The molecule has 138 valence electrons. The Bertz CT molecular complexity index is 371. The van der Waals surface area contributed by atoms with Gasteiger partial charge in [0.25, 0.3) is 0 Å². The van der Waals surface area contributed by atoms with Crippen molar-refractivity contribution in [2.24, 2.45) is 5.41 Å². The summed E-state index contributed by atoms with van der Waals surface area (Å²) in [6, 6.07) is 0. The number of carbonyl (C=O) groups is 2. The number of aliphatic carboxylic acids is 2. The molecule has 0 heterocycles. The Labute approximate surface area is 144 Å². The highest BCUT2D eigenvalue weighted by Crippen LogP contribution is 2.35. The van der Waals surface area contributed by atoms with Gasteiger partial charge in [0, 0.05) is 0 Å². The van der Waals surface area contributed by atoms with Crippen LogP contribution in [0.4, 0.5) is 0 Å². The zero-order valence-corrected chi connectivity index (χ0v) is 14.4. The molecular formula is C18H30O6. The molecule has 0 saturated carbocycles. The number of rotatable bonds is 17. The lowest BCUT2D eigenvalue weighted by atomic mass is 9.75. The van der Waals surface area contributed by atoms with E-state index in [0.717, 1.165) is 25.7 Å². The summed E-state index contributed by atoms with van der Waals surface area (Å²) in [5, 5.41) is 18.7. The van der Waals surface area contributed by atoms with Gasteiger partial charge in [-0.3, -0.25) is 9.59 Å². The van der Waals surface area contributed by atoms with E-state index in [1.165, 1.54) is 12.5 Å². The SMILES string of the molecule is C=COCCCCCC(CCCCCOC=C)(CC(=O)O)C(=O)O. The average molecular weight is 342 g/mol. The Kier molecular flexibility index (Phi) is 12.3. The summed E-state index contributed by atoms with van der Waals surface area (Å²) >= 11 is 0. The zero-order chi connectivity index (χ0) is 18.3. The topological polar surface area (TPSA) is 93.1 Å². The van der Waals surface area contributed by atoms with Crippen molar-refractivity contribution >= 4 is 11.9 Å². The van der Waals surface area contributed by atoms with Crippen molar-refractivity contribution in [3.63, 3.8) is 0 Å². The molecule has 6 nitrogen and oxygen atoms in total. The summed E-state index contributed by atoms with van der Waals surface area (Å²) < 4.78 is 10.0. The lowest BCUT2D eigenvalue weighted by Crippen LogP contribution is -2.34. The molecule has 0 radical (unpaired) electrons. The molecule has 0 aromatic rings. The molecule has 0 aliphatic carbocycles. The molecule has 0 aromatic heterocycles. The minimum absolute atomic E-state index is 0.339. The second-order valence-electron chi connectivity index (χ2n) is 5.85. The fourth-order valence-corrected chi connectivity index (χ4v) is 2.70. The minimum atomic E-state index is -1.19. The molecule has 0 atom stereocenters. The highest BCUT2D eigenvalue weighted by atomic mass is 16.5. The van der Waals surface area contributed by atoms with E-state index in [9.17, 15) is 14.7 Å². The summed E-state index contributed by atoms with van der Waals surface area (Å²) in [5.74, 6) is -2.09. The standard InChI is InChI=1S/C18H30O6/c1-3-23-13-9-5-7-11-18(17(21)22,15-16(19)20)12-8-6-10-14-24-4-2/h3-4H,1-2,5-15H2,(H,19,20)(H,21,22). The van der Waals surface area contributed by atoms with E-state index in [1.807, 2.05) is 0 Å². The number of hydrogen-bond donors (Lipinski definition) is 2. The molecule has 2 N–H and O–H groups in total. The van der Waals surface area contributed by atoms with Crippen LogP contribution >= 0.6 is 0 Å². The molecule has 0 aliphatic rings. The van der Waals surface area contributed by atoms with Crippen LogP contribution in [0.25, 0.3) is 0 Å². The van der Waals surface area contributed by atoms with Crippen molar-refractivity contribution < 1.29 is 29.3 Å². The molecule has 0 amide bonds. The van der Waals surface area contributed by atoms with E-state index in [-0.39, 0.29) is 6.42 Å². The number of carboxylic acid groups (broad SMARTS) is 2. The maximum atomic E-state index is 11.8. The second kappa shape index (κ2) is 13.5. The largest absolute Gasteiger partial charge is 0.502 e. The van der Waals surface area contributed by atoms with Crippen LogP contribution < -0.4 is 0 Å². The molecule has 0 fully saturated rings. The van der Waals surface area contributed by atoms with Crippen LogP contribution in [0.5, 0.6) is 0 Å². The van der Waals surface area contributed by atoms with Crippen LogP contribution in [0.3, 0.4) is 0 Å². The molecule has 0 aliphatic heterocycles. The maximum Gasteiger partial charge on any atom is 0.310 e. The molecular weight excluding hydrogens is 312 g/mol. The highest BCUT2D eigenvalue weighted by Gasteiger charge is 2.39. The van der Waals surface area contributed by atoms with Crippen LogP contribution in [-0.2, 0) is 19.1 Å². The molecule has 24 heavy (non-hydrogen) atoms. The van der Waals surface area contributed by atoms with E-state index in [2.05, 4.69) is 13.2 Å². The monoisotopic (exact) mass is 342 g/mol. The Balaban J connectivity index is 4.45. The van der Waals surface area contributed by atoms with Gasteiger partial charge in [0.1, 0.15) is 0 Å². The first kappa shape index (κ1) is 22.0. The summed E-state index contributed by atoms with van der Waals surface area (Å²) in [6.07, 6.45) is 7.68. The fourth-order valence-electron chi connectivity index (χ4n) is 2.70. The third-order valence-electron chi connectivity index (χ3n) is 4.01. The van der Waals surface area contributed by atoms with Gasteiger partial charge in [-0.15, -0.1) is 0 Å². The number of ether oxygens (including phenoxy) is 2. The van der Waals surface area contributed by atoms with Gasteiger partial charge in [-0.2, -0.15) is 0 Å². The Morgan fingerprint density at radius 1 is 0.833 bits per heavy atom. The van der Waals surface area contributed by atoms with Gasteiger partial charge in [-0.25, -0.2) is 0 Å². The number of carboxylic acids is 2. The fraction of sp³-hybridized carbons (Fsp3) is 0.667. The van der Waals surface area contributed by atoms with Gasteiger partial charge < -0.3 is 19.7 Å². The van der Waals surface area contributed by atoms with E-state index in [1.54, 1.807) is 0 Å². The second-order valence-corrected chi connectivity index (χ2v) is 5.85.